The Hall–Kier alpha value is -1.31. The number of nitrogens with one attached hydrogen (secondary N) is 1. The number of amides is 1. The zero-order chi connectivity index (χ0) is 13.1. The minimum absolute atomic E-state index is 0.0703. The minimum Gasteiger partial charge on any atom is -0.349 e. The van der Waals surface area contributed by atoms with Crippen LogP contribution < -0.4 is 5.32 Å². The second-order valence-corrected chi connectivity index (χ2v) is 5.71. The highest BCUT2D eigenvalue weighted by atomic mass is 16.1. The van der Waals surface area contributed by atoms with Gasteiger partial charge in [0.1, 0.15) is 0 Å². The molecule has 0 aliphatic heterocycles. The summed E-state index contributed by atoms with van der Waals surface area (Å²) in [5, 5.41) is 3.20. The molecule has 0 saturated heterocycles. The third kappa shape index (κ3) is 2.92. The fourth-order valence-corrected chi connectivity index (χ4v) is 2.74. The monoisotopic (exact) mass is 245 g/mol. The summed E-state index contributed by atoms with van der Waals surface area (Å²) in [7, 11) is 0. The number of hydrogen-bond acceptors (Lipinski definition) is 1. The molecule has 0 aromatic heterocycles. The minimum atomic E-state index is 0.0703. The van der Waals surface area contributed by atoms with Gasteiger partial charge in [-0.3, -0.25) is 4.79 Å². The van der Waals surface area contributed by atoms with Crippen LogP contribution in [0.2, 0.25) is 0 Å². The number of aryl methyl sites for hydroxylation is 1. The molecule has 1 amide bonds. The summed E-state index contributed by atoms with van der Waals surface area (Å²) >= 11 is 0. The van der Waals surface area contributed by atoms with E-state index in [0.717, 1.165) is 12.0 Å². The van der Waals surface area contributed by atoms with E-state index >= 15 is 0 Å². The van der Waals surface area contributed by atoms with Crippen LogP contribution in [0.25, 0.3) is 0 Å². The highest BCUT2D eigenvalue weighted by Gasteiger charge is 2.28. The van der Waals surface area contributed by atoms with Gasteiger partial charge in [0, 0.05) is 11.6 Å². The second-order valence-electron chi connectivity index (χ2n) is 5.71. The van der Waals surface area contributed by atoms with Gasteiger partial charge in [-0.2, -0.15) is 0 Å². The van der Waals surface area contributed by atoms with Crippen molar-refractivity contribution in [2.75, 3.05) is 0 Å². The van der Waals surface area contributed by atoms with Crippen molar-refractivity contribution in [2.24, 2.45) is 11.8 Å². The number of carbonyl (C=O) groups is 1. The third-order valence-corrected chi connectivity index (χ3v) is 4.34. The van der Waals surface area contributed by atoms with E-state index in [0.29, 0.717) is 17.9 Å². The first-order valence-electron chi connectivity index (χ1n) is 6.95. The fraction of sp³-hybridized carbons (Fsp3) is 0.562. The molecule has 0 unspecified atom stereocenters. The molecule has 18 heavy (non-hydrogen) atoms. The smallest absolute Gasteiger partial charge is 0.251 e. The highest BCUT2D eigenvalue weighted by molar-refractivity contribution is 5.94. The van der Waals surface area contributed by atoms with Crippen LogP contribution in [0.3, 0.4) is 0 Å². The fourth-order valence-electron chi connectivity index (χ4n) is 2.74. The molecule has 1 aliphatic carbocycles. The molecule has 1 aromatic rings. The van der Waals surface area contributed by atoms with Crippen LogP contribution in [0.5, 0.6) is 0 Å². The van der Waals surface area contributed by atoms with Gasteiger partial charge in [0.05, 0.1) is 0 Å². The van der Waals surface area contributed by atoms with E-state index in [2.05, 4.69) is 19.2 Å². The summed E-state index contributed by atoms with van der Waals surface area (Å²) in [6, 6.07) is 8.12. The van der Waals surface area contributed by atoms with Crippen LogP contribution in [-0.2, 0) is 0 Å². The van der Waals surface area contributed by atoms with Crippen molar-refractivity contribution in [3.63, 3.8) is 0 Å². The summed E-state index contributed by atoms with van der Waals surface area (Å²) in [4.78, 5) is 12.2. The van der Waals surface area contributed by atoms with E-state index in [1.54, 1.807) is 0 Å². The summed E-state index contributed by atoms with van der Waals surface area (Å²) in [6.07, 6.45) is 3.63. The lowest BCUT2D eigenvalue weighted by atomic mass is 9.78. The van der Waals surface area contributed by atoms with Crippen molar-refractivity contribution in [3.05, 3.63) is 35.4 Å². The van der Waals surface area contributed by atoms with Gasteiger partial charge in [-0.25, -0.2) is 0 Å². The molecule has 1 aromatic carbocycles. The summed E-state index contributed by atoms with van der Waals surface area (Å²) in [6.45, 7) is 6.57. The van der Waals surface area contributed by atoms with Gasteiger partial charge in [-0.15, -0.1) is 0 Å². The molecule has 2 heteroatoms. The van der Waals surface area contributed by atoms with E-state index in [9.17, 15) is 4.79 Å². The second kappa shape index (κ2) is 5.55. The highest BCUT2D eigenvalue weighted by Crippen LogP contribution is 2.29. The number of rotatable bonds is 2. The lowest BCUT2D eigenvalue weighted by Gasteiger charge is -2.34. The number of carbonyl (C=O) groups excluding carboxylic acids is 1. The molecule has 2 rings (SSSR count). The van der Waals surface area contributed by atoms with Crippen molar-refractivity contribution in [1.82, 2.24) is 5.32 Å². The van der Waals surface area contributed by atoms with Crippen LogP contribution in [0.1, 0.15) is 49.0 Å². The van der Waals surface area contributed by atoms with Crippen molar-refractivity contribution in [3.8, 4) is 0 Å². The Morgan fingerprint density at radius 3 is 2.50 bits per heavy atom. The SMILES string of the molecule is Cc1ccc(C(=O)N[C@H]2CCC[C@H](C)[C@@H]2C)cc1. The van der Waals surface area contributed by atoms with E-state index in [4.69, 9.17) is 0 Å². The first-order chi connectivity index (χ1) is 8.58. The molecule has 0 heterocycles. The van der Waals surface area contributed by atoms with Gasteiger partial charge in [0.2, 0.25) is 0 Å². The molecule has 1 fully saturated rings. The van der Waals surface area contributed by atoms with Gasteiger partial charge in [0.15, 0.2) is 0 Å². The maximum Gasteiger partial charge on any atom is 0.251 e. The van der Waals surface area contributed by atoms with Crippen molar-refractivity contribution < 1.29 is 4.79 Å². The lowest BCUT2D eigenvalue weighted by molar-refractivity contribution is 0.0891. The van der Waals surface area contributed by atoms with Crippen molar-refractivity contribution in [1.29, 1.82) is 0 Å². The summed E-state index contributed by atoms with van der Waals surface area (Å²) < 4.78 is 0. The zero-order valence-corrected chi connectivity index (χ0v) is 11.6. The van der Waals surface area contributed by atoms with Crippen LogP contribution in [0.15, 0.2) is 24.3 Å². The molecule has 1 N–H and O–H groups in total. The Kier molecular flexibility index (Phi) is 4.05. The average Bonchev–Trinajstić information content (AvgIpc) is 2.36. The van der Waals surface area contributed by atoms with Gasteiger partial charge in [-0.1, -0.05) is 44.4 Å². The Balaban J connectivity index is 2.00. The maximum absolute atomic E-state index is 12.2. The van der Waals surface area contributed by atoms with Crippen molar-refractivity contribution >= 4 is 5.91 Å². The molecule has 1 saturated carbocycles. The third-order valence-electron chi connectivity index (χ3n) is 4.34. The predicted octanol–water partition coefficient (Wildman–Crippen LogP) is 3.55. The van der Waals surface area contributed by atoms with Gasteiger partial charge < -0.3 is 5.32 Å². The normalized spacial score (nSPS) is 27.8. The van der Waals surface area contributed by atoms with Crippen LogP contribution in [0, 0.1) is 18.8 Å². The molecule has 0 spiro atoms. The first-order valence-corrected chi connectivity index (χ1v) is 6.95. The molecule has 2 nitrogen and oxygen atoms in total. The standard InChI is InChI=1S/C16H23NO/c1-11-7-9-14(10-8-11)16(18)17-15-6-4-5-12(2)13(15)3/h7-10,12-13,15H,4-6H2,1-3H3,(H,17,18)/t12-,13-,15-/m0/s1. The summed E-state index contributed by atoms with van der Waals surface area (Å²) in [5.41, 5.74) is 1.96. The topological polar surface area (TPSA) is 29.1 Å². The Morgan fingerprint density at radius 1 is 1.17 bits per heavy atom. The maximum atomic E-state index is 12.2. The zero-order valence-electron chi connectivity index (χ0n) is 11.6. The molecule has 1 aliphatic rings. The predicted molar refractivity (Wildman–Crippen MR) is 74.6 cm³/mol. The number of hydrogen-bond donors (Lipinski definition) is 1. The molecular formula is C16H23NO. The Bertz CT molecular complexity index is 410. The largest absolute Gasteiger partial charge is 0.349 e. The Labute approximate surface area is 110 Å². The first kappa shape index (κ1) is 13.1. The summed E-state index contributed by atoms with van der Waals surface area (Å²) in [5.74, 6) is 1.36. The molecule has 0 bridgehead atoms. The molecular weight excluding hydrogens is 222 g/mol. The van der Waals surface area contributed by atoms with Crippen LogP contribution >= 0.6 is 0 Å². The van der Waals surface area contributed by atoms with Gasteiger partial charge in [0.25, 0.3) is 5.91 Å². The number of benzene rings is 1. The van der Waals surface area contributed by atoms with Gasteiger partial charge >= 0.3 is 0 Å². The van der Waals surface area contributed by atoms with E-state index in [-0.39, 0.29) is 5.91 Å². The molecule has 3 atom stereocenters. The molecule has 98 valence electrons. The average molecular weight is 245 g/mol. The van der Waals surface area contributed by atoms with Crippen LogP contribution in [0.4, 0.5) is 0 Å². The Morgan fingerprint density at radius 2 is 1.83 bits per heavy atom. The van der Waals surface area contributed by atoms with Crippen molar-refractivity contribution in [2.45, 2.75) is 46.1 Å². The molecule has 0 radical (unpaired) electrons. The van der Waals surface area contributed by atoms with E-state index in [1.165, 1.54) is 18.4 Å². The lowest BCUT2D eigenvalue weighted by Crippen LogP contribution is -2.43. The van der Waals surface area contributed by atoms with E-state index < -0.39 is 0 Å². The van der Waals surface area contributed by atoms with Gasteiger partial charge in [-0.05, 0) is 37.3 Å². The van der Waals surface area contributed by atoms with E-state index in [1.807, 2.05) is 31.2 Å². The quantitative estimate of drug-likeness (QED) is 0.848. The van der Waals surface area contributed by atoms with Crippen LogP contribution in [-0.4, -0.2) is 11.9 Å².